The van der Waals surface area contributed by atoms with Gasteiger partial charge >= 0.3 is 0 Å². The minimum atomic E-state index is 0.424. The number of aromatic nitrogens is 2. The van der Waals surface area contributed by atoms with Crippen LogP contribution in [0.5, 0.6) is 0 Å². The van der Waals surface area contributed by atoms with Gasteiger partial charge in [0.1, 0.15) is 11.8 Å². The average Bonchev–Trinajstić information content (AvgIpc) is 2.47. The summed E-state index contributed by atoms with van der Waals surface area (Å²) in [5.74, 6) is 0. The molecule has 2 aromatic heterocycles. The maximum absolute atomic E-state index is 8.86. The van der Waals surface area contributed by atoms with Crippen LogP contribution < -0.4 is 0 Å². The van der Waals surface area contributed by atoms with E-state index in [2.05, 4.69) is 9.97 Å². The molecule has 3 aromatic rings. The van der Waals surface area contributed by atoms with Crippen molar-refractivity contribution >= 4 is 10.8 Å². The van der Waals surface area contributed by atoms with Gasteiger partial charge in [0, 0.05) is 23.3 Å². The lowest BCUT2D eigenvalue weighted by molar-refractivity contribution is 1.27. The van der Waals surface area contributed by atoms with Crippen LogP contribution in [0.2, 0.25) is 0 Å². The minimum Gasteiger partial charge on any atom is -0.256 e. The Morgan fingerprint density at radius 3 is 2.44 bits per heavy atom. The first-order chi connectivity index (χ1) is 8.86. The molecule has 0 fully saturated rings. The Hall–Kier alpha value is -2.73. The molecule has 3 rings (SSSR count). The first-order valence-electron chi connectivity index (χ1n) is 5.58. The molecular weight excluding hydrogens is 222 g/mol. The van der Waals surface area contributed by atoms with Crippen LogP contribution in [-0.4, -0.2) is 9.97 Å². The third-order valence-electron chi connectivity index (χ3n) is 2.79. The van der Waals surface area contributed by atoms with E-state index in [0.29, 0.717) is 5.69 Å². The second kappa shape index (κ2) is 4.27. The van der Waals surface area contributed by atoms with E-state index in [9.17, 15) is 0 Å². The predicted molar refractivity (Wildman–Crippen MR) is 69.7 cm³/mol. The van der Waals surface area contributed by atoms with Crippen LogP contribution in [0.4, 0.5) is 0 Å². The van der Waals surface area contributed by atoms with Crippen LogP contribution in [-0.2, 0) is 0 Å². The van der Waals surface area contributed by atoms with E-state index < -0.39 is 0 Å². The second-order valence-electron chi connectivity index (χ2n) is 3.96. The van der Waals surface area contributed by atoms with Gasteiger partial charge < -0.3 is 0 Å². The molecule has 18 heavy (non-hydrogen) atoms. The van der Waals surface area contributed by atoms with Gasteiger partial charge in [0.2, 0.25) is 0 Å². The molecular formula is C15H9N3. The molecule has 0 bridgehead atoms. The normalized spacial score (nSPS) is 10.2. The zero-order chi connectivity index (χ0) is 12.4. The van der Waals surface area contributed by atoms with Crippen molar-refractivity contribution in [2.75, 3.05) is 0 Å². The van der Waals surface area contributed by atoms with Crippen molar-refractivity contribution in [1.29, 1.82) is 5.26 Å². The van der Waals surface area contributed by atoms with E-state index in [-0.39, 0.29) is 0 Å². The summed E-state index contributed by atoms with van der Waals surface area (Å²) >= 11 is 0. The number of hydrogen-bond donors (Lipinski definition) is 0. The first kappa shape index (κ1) is 10.4. The molecule has 0 atom stereocenters. The molecule has 84 valence electrons. The lowest BCUT2D eigenvalue weighted by Crippen LogP contribution is -1.87. The quantitative estimate of drug-likeness (QED) is 0.646. The molecule has 0 saturated carbocycles. The first-order valence-corrected chi connectivity index (χ1v) is 5.58. The highest BCUT2D eigenvalue weighted by Gasteiger charge is 2.02. The van der Waals surface area contributed by atoms with Gasteiger partial charge in [-0.25, -0.2) is 4.98 Å². The molecule has 0 aliphatic carbocycles. The van der Waals surface area contributed by atoms with E-state index in [1.807, 2.05) is 42.5 Å². The fourth-order valence-electron chi connectivity index (χ4n) is 1.87. The molecule has 0 radical (unpaired) electrons. The number of pyridine rings is 2. The zero-order valence-electron chi connectivity index (χ0n) is 9.54. The number of benzene rings is 1. The van der Waals surface area contributed by atoms with Crippen molar-refractivity contribution in [1.82, 2.24) is 9.97 Å². The lowest BCUT2D eigenvalue weighted by atomic mass is 10.1. The molecule has 2 heterocycles. The Kier molecular flexibility index (Phi) is 2.47. The monoisotopic (exact) mass is 231 g/mol. The van der Waals surface area contributed by atoms with E-state index in [1.165, 1.54) is 0 Å². The van der Waals surface area contributed by atoms with E-state index in [4.69, 9.17) is 5.26 Å². The number of fused-ring (bicyclic) bond motifs is 1. The van der Waals surface area contributed by atoms with Crippen LogP contribution >= 0.6 is 0 Å². The standard InChI is InChI=1S/C15H9N3/c16-8-14-6-12-7-15(11-4-2-1-3-5-11)18-10-13(12)9-17-14/h1-7,9-10H. The summed E-state index contributed by atoms with van der Waals surface area (Å²) in [6, 6.07) is 15.8. The largest absolute Gasteiger partial charge is 0.256 e. The van der Waals surface area contributed by atoms with Crippen molar-refractivity contribution in [2.45, 2.75) is 0 Å². The summed E-state index contributed by atoms with van der Waals surface area (Å²) in [5.41, 5.74) is 2.39. The third-order valence-corrected chi connectivity index (χ3v) is 2.79. The van der Waals surface area contributed by atoms with Gasteiger partial charge in [0.15, 0.2) is 0 Å². The number of hydrogen-bond acceptors (Lipinski definition) is 3. The predicted octanol–water partition coefficient (Wildman–Crippen LogP) is 3.17. The summed E-state index contributed by atoms with van der Waals surface area (Å²) in [4.78, 5) is 8.44. The summed E-state index contributed by atoms with van der Waals surface area (Å²) in [7, 11) is 0. The van der Waals surface area contributed by atoms with Crippen LogP contribution in [0, 0.1) is 11.3 Å². The summed E-state index contributed by atoms with van der Waals surface area (Å²) < 4.78 is 0. The molecule has 0 unspecified atom stereocenters. The lowest BCUT2D eigenvalue weighted by Gasteiger charge is -2.02. The highest BCUT2D eigenvalue weighted by molar-refractivity contribution is 5.85. The SMILES string of the molecule is N#Cc1cc2cc(-c3ccccc3)ncc2cn1. The number of nitrogens with zero attached hydrogens (tertiary/aromatic N) is 3. The van der Waals surface area contributed by atoms with Gasteiger partial charge in [0.25, 0.3) is 0 Å². The van der Waals surface area contributed by atoms with Crippen molar-refractivity contribution in [2.24, 2.45) is 0 Å². The fourth-order valence-corrected chi connectivity index (χ4v) is 1.87. The third kappa shape index (κ3) is 1.80. The summed E-state index contributed by atoms with van der Waals surface area (Å²) in [6.07, 6.45) is 3.46. The Bertz CT molecular complexity index is 743. The minimum absolute atomic E-state index is 0.424. The van der Waals surface area contributed by atoms with Gasteiger partial charge in [-0.2, -0.15) is 5.26 Å². The Balaban J connectivity index is 2.19. The zero-order valence-corrected chi connectivity index (χ0v) is 9.54. The van der Waals surface area contributed by atoms with Gasteiger partial charge in [-0.1, -0.05) is 30.3 Å². The van der Waals surface area contributed by atoms with Gasteiger partial charge in [0.05, 0.1) is 5.69 Å². The van der Waals surface area contributed by atoms with Gasteiger partial charge in [-0.15, -0.1) is 0 Å². The maximum Gasteiger partial charge on any atom is 0.141 e. The highest BCUT2D eigenvalue weighted by atomic mass is 14.7. The number of nitriles is 1. The summed E-state index contributed by atoms with van der Waals surface area (Å²) in [6.45, 7) is 0. The Morgan fingerprint density at radius 2 is 1.67 bits per heavy atom. The molecule has 0 aliphatic heterocycles. The van der Waals surface area contributed by atoms with Crippen molar-refractivity contribution in [3.05, 3.63) is 60.6 Å². The van der Waals surface area contributed by atoms with E-state index >= 15 is 0 Å². The molecule has 0 amide bonds. The molecule has 3 heteroatoms. The fraction of sp³-hybridized carbons (Fsp3) is 0. The van der Waals surface area contributed by atoms with Crippen LogP contribution in [0.1, 0.15) is 5.69 Å². The molecule has 0 N–H and O–H groups in total. The van der Waals surface area contributed by atoms with Crippen LogP contribution in [0.25, 0.3) is 22.0 Å². The topological polar surface area (TPSA) is 49.6 Å². The molecule has 1 aromatic carbocycles. The molecule has 0 saturated heterocycles. The molecule has 0 spiro atoms. The maximum atomic E-state index is 8.86. The Morgan fingerprint density at radius 1 is 0.889 bits per heavy atom. The van der Waals surface area contributed by atoms with Crippen molar-refractivity contribution in [3.8, 4) is 17.3 Å². The second-order valence-corrected chi connectivity index (χ2v) is 3.96. The summed E-state index contributed by atoms with van der Waals surface area (Å²) in [5, 5.41) is 10.8. The smallest absolute Gasteiger partial charge is 0.141 e. The van der Waals surface area contributed by atoms with Gasteiger partial charge in [-0.05, 0) is 17.5 Å². The molecule has 0 aliphatic rings. The van der Waals surface area contributed by atoms with Crippen molar-refractivity contribution < 1.29 is 0 Å². The highest BCUT2D eigenvalue weighted by Crippen LogP contribution is 2.21. The van der Waals surface area contributed by atoms with Crippen molar-refractivity contribution in [3.63, 3.8) is 0 Å². The Labute approximate surface area is 104 Å². The molecule has 3 nitrogen and oxygen atoms in total. The van der Waals surface area contributed by atoms with Gasteiger partial charge in [-0.3, -0.25) is 4.98 Å². The van der Waals surface area contributed by atoms with Crippen LogP contribution in [0.3, 0.4) is 0 Å². The van der Waals surface area contributed by atoms with E-state index in [1.54, 1.807) is 18.5 Å². The number of rotatable bonds is 1. The average molecular weight is 231 g/mol. The van der Waals surface area contributed by atoms with E-state index in [0.717, 1.165) is 22.0 Å². The van der Waals surface area contributed by atoms with Crippen LogP contribution in [0.15, 0.2) is 54.9 Å².